The number of aryl methyl sites for hydroxylation is 1. The summed E-state index contributed by atoms with van der Waals surface area (Å²) in [6.45, 7) is 2.72. The Bertz CT molecular complexity index is 1580. The first-order chi connectivity index (χ1) is 21.0. The molecule has 0 radical (unpaired) electrons. The second kappa shape index (κ2) is 12.5. The predicted octanol–water partition coefficient (Wildman–Crippen LogP) is 3.04. The van der Waals surface area contributed by atoms with Crippen LogP contribution < -0.4 is 19.5 Å². The Morgan fingerprint density at radius 2 is 1.95 bits per heavy atom. The van der Waals surface area contributed by atoms with Crippen LogP contribution in [0.3, 0.4) is 0 Å². The number of nitrogens with one attached hydrogen (secondary N) is 1. The number of ether oxygens (including phenoxy) is 4. The number of carbonyl (C=O) groups is 2. The van der Waals surface area contributed by atoms with Crippen LogP contribution in [0.5, 0.6) is 17.2 Å². The van der Waals surface area contributed by atoms with Crippen molar-refractivity contribution in [1.29, 1.82) is 0 Å². The number of methoxy groups -OCH3 is 1. The van der Waals surface area contributed by atoms with E-state index in [0.29, 0.717) is 53.3 Å². The number of hydrogen-bond donors (Lipinski definition) is 1. The number of hydrogen-bond acceptors (Lipinski definition) is 10. The van der Waals surface area contributed by atoms with Gasteiger partial charge in [0.15, 0.2) is 17.5 Å². The number of rotatable bonds is 11. The van der Waals surface area contributed by atoms with Crippen molar-refractivity contribution < 1.29 is 33.0 Å². The molecule has 2 unspecified atom stereocenters. The Morgan fingerprint density at radius 3 is 2.70 bits per heavy atom. The molecule has 0 saturated carbocycles. The molecule has 1 saturated heterocycles. The molecule has 4 aromatic rings. The van der Waals surface area contributed by atoms with Gasteiger partial charge in [-0.2, -0.15) is 4.80 Å². The zero-order valence-corrected chi connectivity index (χ0v) is 23.9. The van der Waals surface area contributed by atoms with Crippen molar-refractivity contribution in [2.24, 2.45) is 0 Å². The number of carbonyl (C=O) groups excluding carboxylic acids is 2. The molecule has 0 aliphatic carbocycles. The summed E-state index contributed by atoms with van der Waals surface area (Å²) in [5, 5.41) is 15.6. The minimum absolute atomic E-state index is 0.0725. The van der Waals surface area contributed by atoms with E-state index >= 15 is 0 Å². The Kier molecular flexibility index (Phi) is 8.22. The largest absolute Gasteiger partial charge is 0.497 e. The van der Waals surface area contributed by atoms with E-state index < -0.39 is 11.9 Å². The molecule has 2 aliphatic heterocycles. The molecule has 2 aromatic heterocycles. The van der Waals surface area contributed by atoms with Gasteiger partial charge in [-0.05, 0) is 79.1 Å². The van der Waals surface area contributed by atoms with Crippen LogP contribution in [0.15, 0.2) is 59.0 Å². The summed E-state index contributed by atoms with van der Waals surface area (Å²) in [4.78, 5) is 30.5. The highest BCUT2D eigenvalue weighted by Gasteiger charge is 2.35. The molecule has 1 N–H and O–H groups in total. The van der Waals surface area contributed by atoms with E-state index in [1.807, 2.05) is 18.2 Å². The summed E-state index contributed by atoms with van der Waals surface area (Å²) in [7, 11) is 1.59. The van der Waals surface area contributed by atoms with Crippen molar-refractivity contribution in [3.8, 4) is 28.6 Å². The SMILES string of the molecule is COc1ccc(-c2nnn(CC(=O)N(Cc3ccc4c(c3)OCO4)C(C(=O)NCC3CCCO3)c3ccc(C)o3)n2)cc1. The van der Waals surface area contributed by atoms with Gasteiger partial charge in [0.1, 0.15) is 23.8 Å². The summed E-state index contributed by atoms with van der Waals surface area (Å²) in [6.07, 6.45) is 1.73. The zero-order chi connectivity index (χ0) is 29.8. The lowest BCUT2D eigenvalue weighted by molar-refractivity contribution is -0.143. The van der Waals surface area contributed by atoms with Crippen molar-refractivity contribution in [3.63, 3.8) is 0 Å². The lowest BCUT2D eigenvalue weighted by Gasteiger charge is -2.30. The summed E-state index contributed by atoms with van der Waals surface area (Å²) in [5.41, 5.74) is 1.46. The Morgan fingerprint density at radius 1 is 1.12 bits per heavy atom. The van der Waals surface area contributed by atoms with E-state index in [9.17, 15) is 9.59 Å². The van der Waals surface area contributed by atoms with Crippen molar-refractivity contribution in [2.75, 3.05) is 27.1 Å². The molecule has 13 heteroatoms. The molecule has 2 aromatic carbocycles. The second-order valence-corrected chi connectivity index (χ2v) is 10.3. The van der Waals surface area contributed by atoms with E-state index in [1.165, 1.54) is 9.70 Å². The number of fused-ring (bicyclic) bond motifs is 1. The topological polar surface area (TPSA) is 143 Å². The molecule has 1 fully saturated rings. The highest BCUT2D eigenvalue weighted by Crippen LogP contribution is 2.34. The Labute approximate surface area is 247 Å². The zero-order valence-electron chi connectivity index (χ0n) is 23.9. The van der Waals surface area contributed by atoms with Gasteiger partial charge in [0.25, 0.3) is 5.91 Å². The fourth-order valence-corrected chi connectivity index (χ4v) is 5.08. The molecule has 4 heterocycles. The monoisotopic (exact) mass is 588 g/mol. The first-order valence-corrected chi connectivity index (χ1v) is 14.0. The second-order valence-electron chi connectivity index (χ2n) is 10.3. The first kappa shape index (κ1) is 28.2. The smallest absolute Gasteiger partial charge is 0.250 e. The number of benzene rings is 2. The molecule has 0 bridgehead atoms. The quantitative estimate of drug-likeness (QED) is 0.278. The Hall–Kier alpha value is -4.91. The van der Waals surface area contributed by atoms with Crippen molar-refractivity contribution in [2.45, 2.75) is 45.0 Å². The van der Waals surface area contributed by atoms with Gasteiger partial charge in [0, 0.05) is 25.3 Å². The molecule has 13 nitrogen and oxygen atoms in total. The first-order valence-electron chi connectivity index (χ1n) is 14.0. The van der Waals surface area contributed by atoms with Gasteiger partial charge in [-0.3, -0.25) is 9.59 Å². The van der Waals surface area contributed by atoms with E-state index in [0.717, 1.165) is 18.4 Å². The average molecular weight is 589 g/mol. The Balaban J connectivity index is 1.29. The van der Waals surface area contributed by atoms with Gasteiger partial charge < -0.3 is 33.6 Å². The predicted molar refractivity (Wildman–Crippen MR) is 151 cm³/mol. The lowest BCUT2D eigenvalue weighted by atomic mass is 10.1. The van der Waals surface area contributed by atoms with Crippen molar-refractivity contribution in [1.82, 2.24) is 30.4 Å². The van der Waals surface area contributed by atoms with Crippen LogP contribution >= 0.6 is 0 Å². The van der Waals surface area contributed by atoms with Crippen LogP contribution in [0.2, 0.25) is 0 Å². The van der Waals surface area contributed by atoms with Gasteiger partial charge >= 0.3 is 0 Å². The maximum absolute atomic E-state index is 14.0. The van der Waals surface area contributed by atoms with Crippen molar-refractivity contribution >= 4 is 11.8 Å². The molecule has 2 atom stereocenters. The van der Waals surface area contributed by atoms with Crippen LogP contribution in [0.1, 0.15) is 36.0 Å². The van der Waals surface area contributed by atoms with Crippen LogP contribution in [-0.4, -0.2) is 70.1 Å². The standard InChI is InChI=1S/C30H32N6O7/c1-19-5-11-25(43-19)28(30(38)31-15-23-4-3-13-40-23)35(16-20-6-12-24-26(14-20)42-18-41-24)27(37)17-36-33-29(32-34-36)21-7-9-22(39-2)10-8-21/h5-12,14,23,28H,3-4,13,15-18H2,1-2H3,(H,31,38). The van der Waals surface area contributed by atoms with E-state index in [4.69, 9.17) is 23.4 Å². The van der Waals surface area contributed by atoms with Crippen LogP contribution in [0.25, 0.3) is 11.4 Å². The molecule has 6 rings (SSSR count). The molecule has 2 amide bonds. The van der Waals surface area contributed by atoms with Gasteiger partial charge in [0.2, 0.25) is 18.5 Å². The van der Waals surface area contributed by atoms with Gasteiger partial charge in [-0.1, -0.05) is 6.07 Å². The number of nitrogens with zero attached hydrogens (tertiary/aromatic N) is 5. The van der Waals surface area contributed by atoms with E-state index in [1.54, 1.807) is 50.4 Å². The number of aromatic nitrogens is 4. The van der Waals surface area contributed by atoms with Crippen LogP contribution in [0.4, 0.5) is 0 Å². The molecule has 224 valence electrons. The third-order valence-electron chi connectivity index (χ3n) is 7.31. The fourth-order valence-electron chi connectivity index (χ4n) is 5.08. The number of amides is 2. The number of tetrazole rings is 1. The minimum atomic E-state index is -1.07. The van der Waals surface area contributed by atoms with E-state index in [-0.39, 0.29) is 31.9 Å². The summed E-state index contributed by atoms with van der Waals surface area (Å²) in [6, 6.07) is 15.0. The third kappa shape index (κ3) is 6.46. The molecule has 0 spiro atoms. The lowest BCUT2D eigenvalue weighted by Crippen LogP contribution is -2.46. The van der Waals surface area contributed by atoms with Crippen LogP contribution in [-0.2, 0) is 27.4 Å². The minimum Gasteiger partial charge on any atom is -0.497 e. The normalized spacial score (nSPS) is 16.2. The van der Waals surface area contributed by atoms with Gasteiger partial charge in [-0.25, -0.2) is 0 Å². The summed E-state index contributed by atoms with van der Waals surface area (Å²) < 4.78 is 27.8. The molecule has 2 aliphatic rings. The molecular weight excluding hydrogens is 556 g/mol. The summed E-state index contributed by atoms with van der Waals surface area (Å²) >= 11 is 0. The van der Waals surface area contributed by atoms with Gasteiger partial charge in [0.05, 0.1) is 13.2 Å². The van der Waals surface area contributed by atoms with Crippen LogP contribution in [0, 0.1) is 6.92 Å². The third-order valence-corrected chi connectivity index (χ3v) is 7.31. The number of furan rings is 1. The highest BCUT2D eigenvalue weighted by molar-refractivity contribution is 5.88. The fraction of sp³-hybridized carbons (Fsp3) is 0.367. The van der Waals surface area contributed by atoms with Gasteiger partial charge in [-0.15, -0.1) is 10.2 Å². The molecular formula is C30H32N6O7. The van der Waals surface area contributed by atoms with Crippen molar-refractivity contribution in [3.05, 3.63) is 71.7 Å². The average Bonchev–Trinajstić information content (AvgIpc) is 3.84. The maximum Gasteiger partial charge on any atom is 0.250 e. The highest BCUT2D eigenvalue weighted by atomic mass is 16.7. The summed E-state index contributed by atoms with van der Waals surface area (Å²) in [5.74, 6) is 2.39. The van der Waals surface area contributed by atoms with E-state index in [2.05, 4.69) is 20.7 Å². The maximum atomic E-state index is 14.0. The molecule has 43 heavy (non-hydrogen) atoms.